The molecule has 2 aliphatic heterocycles. The van der Waals surface area contributed by atoms with Crippen molar-refractivity contribution in [1.29, 1.82) is 0 Å². The van der Waals surface area contributed by atoms with E-state index in [0.717, 1.165) is 68.2 Å². The third-order valence-corrected chi connectivity index (χ3v) is 8.28. The molecule has 3 atom stereocenters. The van der Waals surface area contributed by atoms with Gasteiger partial charge in [0.25, 0.3) is 0 Å². The summed E-state index contributed by atoms with van der Waals surface area (Å²) in [5.41, 5.74) is 0.913. The largest absolute Gasteiger partial charge is 0.481 e. The van der Waals surface area contributed by atoms with Gasteiger partial charge in [-0.2, -0.15) is 0 Å². The molecule has 8 nitrogen and oxygen atoms in total. The molecule has 1 amide bonds. The normalized spacial score (nSPS) is 21.4. The van der Waals surface area contributed by atoms with Gasteiger partial charge in [0.15, 0.2) is 11.5 Å². The van der Waals surface area contributed by atoms with Crippen LogP contribution in [0.25, 0.3) is 0 Å². The van der Waals surface area contributed by atoms with Crippen molar-refractivity contribution < 1.29 is 28.7 Å². The van der Waals surface area contributed by atoms with Crippen LogP contribution in [0.2, 0.25) is 0 Å². The summed E-state index contributed by atoms with van der Waals surface area (Å²) < 4.78 is 12.0. The molecule has 2 heterocycles. The van der Waals surface area contributed by atoms with Crippen molar-refractivity contribution in [3.63, 3.8) is 0 Å². The van der Waals surface area contributed by atoms with E-state index in [2.05, 4.69) is 53.7 Å². The zero-order valence-electron chi connectivity index (χ0n) is 25.4. The van der Waals surface area contributed by atoms with E-state index in [9.17, 15) is 14.7 Å². The van der Waals surface area contributed by atoms with E-state index >= 15 is 0 Å². The molecule has 8 heteroatoms. The van der Waals surface area contributed by atoms with E-state index in [-0.39, 0.29) is 36.6 Å². The lowest BCUT2D eigenvalue weighted by Gasteiger charge is -2.35. The number of carboxylic acids is 1. The molecule has 2 aliphatic rings. The number of carboxylic acid groups (broad SMARTS) is 1. The minimum Gasteiger partial charge on any atom is -0.481 e. The molecule has 1 fully saturated rings. The smallest absolute Gasteiger partial charge is 0.308 e. The van der Waals surface area contributed by atoms with E-state index in [4.69, 9.17) is 9.47 Å². The first-order chi connectivity index (χ1) is 18.3. The Morgan fingerprint density at radius 1 is 1.08 bits per heavy atom. The van der Waals surface area contributed by atoms with Crippen LogP contribution in [-0.2, 0) is 9.59 Å². The van der Waals surface area contributed by atoms with Crippen LogP contribution in [0.15, 0.2) is 18.2 Å². The monoisotopic (exact) mass is 546 g/mol. The Labute approximate surface area is 235 Å². The number of amides is 1. The summed E-state index contributed by atoms with van der Waals surface area (Å²) in [5.74, 6) is -0.158. The number of benzene rings is 1. The Hall–Kier alpha value is -2.32. The highest BCUT2D eigenvalue weighted by Crippen LogP contribution is 2.45. The van der Waals surface area contributed by atoms with Crippen LogP contribution in [0.3, 0.4) is 0 Å². The van der Waals surface area contributed by atoms with Crippen molar-refractivity contribution in [2.45, 2.75) is 78.2 Å². The average Bonchev–Trinajstić information content (AvgIpc) is 3.44. The van der Waals surface area contributed by atoms with Crippen LogP contribution in [0, 0.1) is 11.3 Å². The Kier molecular flexibility index (Phi) is 10.7. The highest BCUT2D eigenvalue weighted by Gasteiger charge is 2.49. The van der Waals surface area contributed by atoms with Gasteiger partial charge in [0.1, 0.15) is 0 Å². The summed E-state index contributed by atoms with van der Waals surface area (Å²) >= 11 is 0. The molecule has 1 aromatic rings. The lowest BCUT2D eigenvalue weighted by molar-refractivity contribution is -0.870. The maximum Gasteiger partial charge on any atom is 0.308 e. The van der Waals surface area contributed by atoms with E-state index in [0.29, 0.717) is 18.0 Å². The first-order valence-electron chi connectivity index (χ1n) is 14.8. The number of nitrogens with zero attached hydrogens (tertiary/aromatic N) is 3. The van der Waals surface area contributed by atoms with Crippen LogP contribution < -0.4 is 9.47 Å². The number of hydrogen-bond donors (Lipinski definition) is 1. The third kappa shape index (κ3) is 8.58. The molecule has 0 spiro atoms. The van der Waals surface area contributed by atoms with Crippen molar-refractivity contribution in [3.05, 3.63) is 23.8 Å². The molecule has 0 bridgehead atoms. The summed E-state index contributed by atoms with van der Waals surface area (Å²) in [6.07, 6.45) is 5.75. The number of aliphatic carboxylic acids is 1. The molecular formula is C31H52N3O5+. The average molecular weight is 547 g/mol. The Balaban J connectivity index is 1.87. The minimum absolute atomic E-state index is 0.0231. The van der Waals surface area contributed by atoms with Crippen molar-refractivity contribution in [3.8, 4) is 11.5 Å². The Morgan fingerprint density at radius 2 is 1.77 bits per heavy atom. The van der Waals surface area contributed by atoms with Crippen LogP contribution in [0.1, 0.15) is 77.7 Å². The van der Waals surface area contributed by atoms with Gasteiger partial charge in [-0.1, -0.05) is 46.6 Å². The summed E-state index contributed by atoms with van der Waals surface area (Å²) in [7, 11) is 6.52. The fraction of sp³-hybridized carbons (Fsp3) is 0.742. The van der Waals surface area contributed by atoms with Gasteiger partial charge in [0, 0.05) is 38.0 Å². The number of fused-ring (bicyclic) bond motifs is 1. The number of rotatable bonds is 15. The summed E-state index contributed by atoms with van der Waals surface area (Å²) in [4.78, 5) is 30.8. The van der Waals surface area contributed by atoms with E-state index in [1.54, 1.807) is 0 Å². The minimum atomic E-state index is -0.796. The van der Waals surface area contributed by atoms with E-state index < -0.39 is 11.9 Å². The van der Waals surface area contributed by atoms with Gasteiger partial charge in [-0.25, -0.2) is 0 Å². The molecule has 0 saturated carbocycles. The van der Waals surface area contributed by atoms with E-state index in [1.165, 1.54) is 0 Å². The SMILES string of the molecule is CCCCN(CCC[N+](C)(C)C)C(=O)CN1C[C@H](c2ccc3c(c2)OCO3)[C@@H](C(=O)O)[C@@H]1CC(C)(C)CCC. The predicted molar refractivity (Wildman–Crippen MR) is 154 cm³/mol. The van der Waals surface area contributed by atoms with Crippen molar-refractivity contribution >= 4 is 11.9 Å². The van der Waals surface area contributed by atoms with Gasteiger partial charge in [-0.3, -0.25) is 14.5 Å². The second kappa shape index (κ2) is 13.4. The molecule has 3 rings (SSSR count). The van der Waals surface area contributed by atoms with Crippen LogP contribution in [-0.4, -0.2) is 98.0 Å². The highest BCUT2D eigenvalue weighted by molar-refractivity contribution is 5.79. The molecule has 0 aliphatic carbocycles. The molecule has 1 aromatic carbocycles. The number of hydrogen-bond acceptors (Lipinski definition) is 5. The number of quaternary nitrogens is 1. The van der Waals surface area contributed by atoms with Gasteiger partial charge in [-0.15, -0.1) is 0 Å². The fourth-order valence-corrected chi connectivity index (χ4v) is 6.29. The Bertz CT molecular complexity index is 973. The molecule has 0 aromatic heterocycles. The first kappa shape index (κ1) is 31.2. The third-order valence-electron chi connectivity index (χ3n) is 8.28. The molecule has 39 heavy (non-hydrogen) atoms. The molecule has 1 saturated heterocycles. The second-order valence-corrected chi connectivity index (χ2v) is 13.3. The predicted octanol–water partition coefficient (Wildman–Crippen LogP) is 4.83. The topological polar surface area (TPSA) is 79.3 Å². The number of likely N-dealkylation sites (tertiary alicyclic amines) is 1. The van der Waals surface area contributed by atoms with Gasteiger partial charge in [0.05, 0.1) is 40.2 Å². The Morgan fingerprint density at radius 3 is 2.41 bits per heavy atom. The molecule has 0 unspecified atom stereocenters. The van der Waals surface area contributed by atoms with Crippen LogP contribution in [0.5, 0.6) is 11.5 Å². The molecular weight excluding hydrogens is 494 g/mol. The highest BCUT2D eigenvalue weighted by atomic mass is 16.7. The summed E-state index contributed by atoms with van der Waals surface area (Å²) in [5, 5.41) is 10.5. The van der Waals surface area contributed by atoms with Gasteiger partial charge in [0.2, 0.25) is 12.7 Å². The quantitative estimate of drug-likeness (QED) is 0.318. The first-order valence-corrected chi connectivity index (χ1v) is 14.8. The lowest BCUT2D eigenvalue weighted by Crippen LogP contribution is -2.46. The van der Waals surface area contributed by atoms with Gasteiger partial charge >= 0.3 is 5.97 Å². The van der Waals surface area contributed by atoms with Crippen molar-refractivity contribution in [1.82, 2.24) is 9.80 Å². The number of carbonyl (C=O) groups is 2. The van der Waals surface area contributed by atoms with Gasteiger partial charge in [-0.05, 0) is 42.4 Å². The van der Waals surface area contributed by atoms with Crippen LogP contribution in [0.4, 0.5) is 0 Å². The van der Waals surface area contributed by atoms with Crippen LogP contribution >= 0.6 is 0 Å². The standard InChI is InChI=1S/C31H51N3O5/c1-8-10-15-32(16-11-17-34(5,6)7)28(35)21-33-20-24(23-12-13-26-27(18-23)39-22-38-26)29(30(36)37)25(33)19-31(3,4)14-9-2/h12-13,18,24-25,29H,8-11,14-17,19-22H2,1-7H3/p+1/t24-,25+,29-/m1/s1. The second-order valence-electron chi connectivity index (χ2n) is 13.3. The molecule has 1 N–H and O–H groups in total. The zero-order chi connectivity index (χ0) is 28.8. The molecule has 220 valence electrons. The van der Waals surface area contributed by atoms with E-state index in [1.807, 2.05) is 23.1 Å². The van der Waals surface area contributed by atoms with Crippen molar-refractivity contribution in [2.75, 3.05) is 60.7 Å². The summed E-state index contributed by atoms with van der Waals surface area (Å²) in [6.45, 7) is 12.2. The summed E-state index contributed by atoms with van der Waals surface area (Å²) in [6, 6.07) is 5.55. The maximum absolute atomic E-state index is 13.8. The zero-order valence-corrected chi connectivity index (χ0v) is 25.4. The number of ether oxygens (including phenoxy) is 2. The van der Waals surface area contributed by atoms with Gasteiger partial charge < -0.3 is 24.0 Å². The molecule has 0 radical (unpaired) electrons. The maximum atomic E-state index is 13.8. The fourth-order valence-electron chi connectivity index (χ4n) is 6.29. The van der Waals surface area contributed by atoms with Crippen molar-refractivity contribution in [2.24, 2.45) is 11.3 Å². The number of unbranched alkanes of at least 4 members (excludes halogenated alkanes) is 1. The number of carbonyl (C=O) groups excluding carboxylic acids is 1. The lowest BCUT2D eigenvalue weighted by atomic mass is 9.76.